The Hall–Kier alpha value is -3.49. The van der Waals surface area contributed by atoms with Crippen molar-refractivity contribution in [2.45, 2.75) is 0 Å². The zero-order valence-corrected chi connectivity index (χ0v) is 15.8. The minimum absolute atomic E-state index is 0.233. The third kappa shape index (κ3) is 4.18. The van der Waals surface area contributed by atoms with Crippen LogP contribution < -0.4 is 19.9 Å². The molecule has 7 nitrogen and oxygen atoms in total. The maximum atomic E-state index is 13.9. The Kier molecular flexibility index (Phi) is 5.37. The number of hydrogen-bond acceptors (Lipinski definition) is 7. The molecule has 4 rings (SSSR count). The van der Waals surface area contributed by atoms with Crippen molar-refractivity contribution in [3.63, 3.8) is 0 Å². The first kappa shape index (κ1) is 18.9. The predicted molar refractivity (Wildman–Crippen MR) is 107 cm³/mol. The summed E-state index contributed by atoms with van der Waals surface area (Å²) >= 11 is 0. The van der Waals surface area contributed by atoms with Gasteiger partial charge < -0.3 is 19.9 Å². The molecule has 1 fully saturated rings. The number of rotatable bonds is 5. The number of aromatic nitrogens is 3. The minimum Gasteiger partial charge on any atom is -0.497 e. The second kappa shape index (κ2) is 8.26. The van der Waals surface area contributed by atoms with Gasteiger partial charge in [0.1, 0.15) is 23.1 Å². The van der Waals surface area contributed by atoms with Crippen LogP contribution in [0.15, 0.2) is 48.7 Å². The Morgan fingerprint density at radius 3 is 2.24 bits per heavy atom. The molecule has 0 saturated carbocycles. The van der Waals surface area contributed by atoms with Gasteiger partial charge in [-0.25, -0.2) is 8.78 Å². The molecule has 2 aromatic carbocycles. The van der Waals surface area contributed by atoms with Crippen molar-refractivity contribution in [2.24, 2.45) is 0 Å². The Morgan fingerprint density at radius 2 is 1.59 bits per heavy atom. The van der Waals surface area contributed by atoms with Gasteiger partial charge >= 0.3 is 0 Å². The van der Waals surface area contributed by atoms with E-state index < -0.39 is 11.6 Å². The SMILES string of the molecule is COc1ccc(N2CCN(c3nncc(Nc4c(F)cccc4F)n3)CC2)cc1. The van der Waals surface area contributed by atoms with Crippen LogP contribution in [0.4, 0.5) is 31.9 Å². The number of para-hydroxylation sites is 1. The molecule has 0 aliphatic carbocycles. The highest BCUT2D eigenvalue weighted by Gasteiger charge is 2.20. The van der Waals surface area contributed by atoms with Crippen molar-refractivity contribution in [1.82, 2.24) is 15.2 Å². The first-order valence-corrected chi connectivity index (χ1v) is 9.19. The van der Waals surface area contributed by atoms with Crippen LogP contribution in [0.25, 0.3) is 0 Å². The number of benzene rings is 2. The number of anilines is 4. The van der Waals surface area contributed by atoms with Gasteiger partial charge in [0.05, 0.1) is 13.3 Å². The molecule has 9 heteroatoms. The van der Waals surface area contributed by atoms with E-state index in [0.717, 1.165) is 24.5 Å². The summed E-state index contributed by atoms with van der Waals surface area (Å²) in [4.78, 5) is 8.63. The van der Waals surface area contributed by atoms with Gasteiger partial charge in [0.25, 0.3) is 0 Å². The molecule has 1 aliphatic rings. The fraction of sp³-hybridized carbons (Fsp3) is 0.250. The molecule has 3 aromatic rings. The van der Waals surface area contributed by atoms with Crippen molar-refractivity contribution >= 4 is 23.1 Å². The Morgan fingerprint density at radius 1 is 0.931 bits per heavy atom. The highest BCUT2D eigenvalue weighted by atomic mass is 19.1. The number of piperazine rings is 1. The van der Waals surface area contributed by atoms with Crippen LogP contribution in [0.5, 0.6) is 5.75 Å². The van der Waals surface area contributed by atoms with E-state index in [1.54, 1.807) is 7.11 Å². The molecule has 0 radical (unpaired) electrons. The molecule has 150 valence electrons. The Bertz CT molecular complexity index is 957. The lowest BCUT2D eigenvalue weighted by atomic mass is 10.2. The van der Waals surface area contributed by atoms with Crippen LogP contribution >= 0.6 is 0 Å². The lowest BCUT2D eigenvalue weighted by Gasteiger charge is -2.36. The van der Waals surface area contributed by atoms with Crippen LogP contribution in [-0.2, 0) is 0 Å². The molecule has 1 N–H and O–H groups in total. The molecule has 29 heavy (non-hydrogen) atoms. The summed E-state index contributed by atoms with van der Waals surface area (Å²) in [5, 5.41) is 10.6. The average Bonchev–Trinajstić information content (AvgIpc) is 2.77. The highest BCUT2D eigenvalue weighted by molar-refractivity contribution is 5.58. The summed E-state index contributed by atoms with van der Waals surface area (Å²) in [5.74, 6) is 0.0803. The summed E-state index contributed by atoms with van der Waals surface area (Å²) in [5.41, 5.74) is 0.859. The number of methoxy groups -OCH3 is 1. The minimum atomic E-state index is -0.696. The molecule has 0 unspecified atom stereocenters. The van der Waals surface area contributed by atoms with E-state index in [1.807, 2.05) is 29.2 Å². The van der Waals surface area contributed by atoms with E-state index in [-0.39, 0.29) is 11.5 Å². The van der Waals surface area contributed by atoms with Crippen LogP contribution in [-0.4, -0.2) is 48.5 Å². The second-order valence-electron chi connectivity index (χ2n) is 6.54. The standard InChI is InChI=1S/C20H20F2N6O/c1-29-15-7-5-14(6-8-15)27-9-11-28(12-10-27)20-25-18(13-23-26-20)24-19-16(21)3-2-4-17(19)22/h2-8,13H,9-12H2,1H3,(H,24,25,26). The lowest BCUT2D eigenvalue weighted by Crippen LogP contribution is -2.47. The van der Waals surface area contributed by atoms with E-state index in [4.69, 9.17) is 4.74 Å². The fourth-order valence-electron chi connectivity index (χ4n) is 3.19. The van der Waals surface area contributed by atoms with Crippen LogP contribution in [0.1, 0.15) is 0 Å². The van der Waals surface area contributed by atoms with Crippen molar-refractivity contribution in [3.8, 4) is 5.75 Å². The fourth-order valence-corrected chi connectivity index (χ4v) is 3.19. The molecular formula is C20H20F2N6O. The van der Waals surface area contributed by atoms with E-state index in [0.29, 0.717) is 19.0 Å². The zero-order chi connectivity index (χ0) is 20.2. The van der Waals surface area contributed by atoms with Crippen LogP contribution in [0, 0.1) is 11.6 Å². The number of ether oxygens (including phenoxy) is 1. The maximum Gasteiger partial charge on any atom is 0.247 e. The summed E-state index contributed by atoms with van der Waals surface area (Å²) < 4.78 is 32.9. The number of nitrogens with one attached hydrogen (secondary N) is 1. The molecule has 0 atom stereocenters. The van der Waals surface area contributed by atoms with Crippen molar-refractivity contribution in [2.75, 3.05) is 48.4 Å². The van der Waals surface area contributed by atoms with Gasteiger partial charge in [-0.2, -0.15) is 10.1 Å². The van der Waals surface area contributed by atoms with Gasteiger partial charge in [-0.3, -0.25) is 0 Å². The Labute approximate surface area is 167 Å². The largest absolute Gasteiger partial charge is 0.497 e. The quantitative estimate of drug-likeness (QED) is 0.708. The topological polar surface area (TPSA) is 66.4 Å². The number of hydrogen-bond donors (Lipinski definition) is 1. The molecule has 0 bridgehead atoms. The monoisotopic (exact) mass is 398 g/mol. The van der Waals surface area contributed by atoms with E-state index in [9.17, 15) is 8.78 Å². The average molecular weight is 398 g/mol. The van der Waals surface area contributed by atoms with Crippen molar-refractivity contribution < 1.29 is 13.5 Å². The van der Waals surface area contributed by atoms with Gasteiger partial charge in [0, 0.05) is 31.9 Å². The van der Waals surface area contributed by atoms with Gasteiger partial charge in [-0.1, -0.05) is 6.07 Å². The molecule has 0 amide bonds. The van der Waals surface area contributed by atoms with Crippen LogP contribution in [0.2, 0.25) is 0 Å². The smallest absolute Gasteiger partial charge is 0.247 e. The third-order valence-corrected chi connectivity index (χ3v) is 4.76. The van der Waals surface area contributed by atoms with Gasteiger partial charge in [-0.05, 0) is 36.4 Å². The van der Waals surface area contributed by atoms with E-state index >= 15 is 0 Å². The molecule has 1 saturated heterocycles. The molecule has 2 heterocycles. The molecule has 0 spiro atoms. The van der Waals surface area contributed by atoms with E-state index in [1.165, 1.54) is 24.4 Å². The Balaban J connectivity index is 1.43. The molecule has 1 aromatic heterocycles. The number of nitrogens with zero attached hydrogens (tertiary/aromatic N) is 5. The van der Waals surface area contributed by atoms with Crippen molar-refractivity contribution in [1.29, 1.82) is 0 Å². The molecular weight excluding hydrogens is 378 g/mol. The zero-order valence-electron chi connectivity index (χ0n) is 15.8. The predicted octanol–water partition coefficient (Wildman–Crippen LogP) is 3.23. The third-order valence-electron chi connectivity index (χ3n) is 4.76. The van der Waals surface area contributed by atoms with Gasteiger partial charge in [-0.15, -0.1) is 5.10 Å². The summed E-state index contributed by atoms with van der Waals surface area (Å²) in [6.45, 7) is 2.97. The van der Waals surface area contributed by atoms with E-state index in [2.05, 4.69) is 25.4 Å². The summed E-state index contributed by atoms with van der Waals surface area (Å²) in [6, 6.07) is 11.6. The van der Waals surface area contributed by atoms with Gasteiger partial charge in [0.15, 0.2) is 5.82 Å². The normalized spacial score (nSPS) is 14.0. The lowest BCUT2D eigenvalue weighted by molar-refractivity contribution is 0.415. The van der Waals surface area contributed by atoms with Gasteiger partial charge in [0.2, 0.25) is 5.95 Å². The highest BCUT2D eigenvalue weighted by Crippen LogP contribution is 2.24. The summed E-state index contributed by atoms with van der Waals surface area (Å²) in [7, 11) is 1.64. The molecule has 1 aliphatic heterocycles. The van der Waals surface area contributed by atoms with Crippen LogP contribution in [0.3, 0.4) is 0 Å². The first-order chi connectivity index (χ1) is 14.1. The second-order valence-corrected chi connectivity index (χ2v) is 6.54. The maximum absolute atomic E-state index is 13.9. The number of halogens is 2. The first-order valence-electron chi connectivity index (χ1n) is 9.19. The summed E-state index contributed by atoms with van der Waals surface area (Å²) in [6.07, 6.45) is 1.34. The van der Waals surface area contributed by atoms with Crippen molar-refractivity contribution in [3.05, 3.63) is 60.3 Å².